The molecule has 1 fully saturated rings. The Morgan fingerprint density at radius 1 is 1.19 bits per heavy atom. The molecule has 2 aromatic carbocycles. The first-order chi connectivity index (χ1) is 15.6. The van der Waals surface area contributed by atoms with Crippen LogP contribution in [0.3, 0.4) is 0 Å². The number of ether oxygens (including phenoxy) is 1. The zero-order valence-corrected chi connectivity index (χ0v) is 19.7. The quantitative estimate of drug-likeness (QED) is 0.519. The number of methoxy groups -OCH3 is 1. The maximum absolute atomic E-state index is 12.7. The minimum atomic E-state index is 0.0174. The lowest BCUT2D eigenvalue weighted by Gasteiger charge is -2.32. The first kappa shape index (κ1) is 22.9. The molecule has 4 rings (SSSR count). The second kappa shape index (κ2) is 10.6. The molecule has 0 atom stereocenters. The van der Waals surface area contributed by atoms with E-state index in [1.165, 1.54) is 0 Å². The highest BCUT2D eigenvalue weighted by Gasteiger charge is 2.27. The van der Waals surface area contributed by atoms with Crippen molar-refractivity contribution in [3.8, 4) is 0 Å². The molecule has 6 nitrogen and oxygen atoms in total. The number of halogens is 2. The van der Waals surface area contributed by atoms with Gasteiger partial charge < -0.3 is 19.5 Å². The number of fused-ring (bicyclic) bond motifs is 1. The lowest BCUT2D eigenvalue weighted by atomic mass is 9.96. The van der Waals surface area contributed by atoms with E-state index in [0.717, 1.165) is 55.0 Å². The van der Waals surface area contributed by atoms with Crippen LogP contribution in [0.1, 0.15) is 18.4 Å². The van der Waals surface area contributed by atoms with E-state index in [4.69, 9.17) is 32.9 Å². The van der Waals surface area contributed by atoms with Gasteiger partial charge >= 0.3 is 0 Å². The van der Waals surface area contributed by atoms with Crippen LogP contribution in [0.15, 0.2) is 42.5 Å². The van der Waals surface area contributed by atoms with E-state index in [1.807, 2.05) is 30.3 Å². The SMILES string of the molecule is COCCn1c(N2CCC(C(=O)NCCc3ccc(Cl)cc3Cl)CC2)nc2ccccc21. The molecule has 0 radical (unpaired) electrons. The third-order valence-electron chi connectivity index (χ3n) is 6.01. The van der Waals surface area contributed by atoms with Gasteiger partial charge in [-0.15, -0.1) is 0 Å². The smallest absolute Gasteiger partial charge is 0.223 e. The van der Waals surface area contributed by atoms with Gasteiger partial charge in [0.2, 0.25) is 11.9 Å². The van der Waals surface area contributed by atoms with Gasteiger partial charge in [0.15, 0.2) is 0 Å². The van der Waals surface area contributed by atoms with Crippen LogP contribution < -0.4 is 10.2 Å². The molecule has 170 valence electrons. The van der Waals surface area contributed by atoms with Crippen molar-refractivity contribution in [1.29, 1.82) is 0 Å². The summed E-state index contributed by atoms with van der Waals surface area (Å²) in [6.07, 6.45) is 2.30. The van der Waals surface area contributed by atoms with Gasteiger partial charge in [-0.3, -0.25) is 4.79 Å². The lowest BCUT2D eigenvalue weighted by molar-refractivity contribution is -0.125. The third kappa shape index (κ3) is 5.20. The van der Waals surface area contributed by atoms with Crippen LogP contribution in [0.25, 0.3) is 11.0 Å². The topological polar surface area (TPSA) is 59.4 Å². The zero-order valence-electron chi connectivity index (χ0n) is 18.2. The van der Waals surface area contributed by atoms with Crippen molar-refractivity contribution >= 4 is 46.1 Å². The van der Waals surface area contributed by atoms with Crippen molar-refractivity contribution in [1.82, 2.24) is 14.9 Å². The molecule has 1 saturated heterocycles. The fraction of sp³-hybridized carbons (Fsp3) is 0.417. The van der Waals surface area contributed by atoms with E-state index in [9.17, 15) is 4.79 Å². The van der Waals surface area contributed by atoms with Gasteiger partial charge in [0.05, 0.1) is 17.6 Å². The van der Waals surface area contributed by atoms with E-state index in [1.54, 1.807) is 13.2 Å². The monoisotopic (exact) mass is 474 g/mol. The number of para-hydroxylation sites is 2. The number of carbonyl (C=O) groups is 1. The van der Waals surface area contributed by atoms with Gasteiger partial charge in [-0.1, -0.05) is 41.4 Å². The van der Waals surface area contributed by atoms with Crippen LogP contribution >= 0.6 is 23.2 Å². The van der Waals surface area contributed by atoms with Crippen molar-refractivity contribution < 1.29 is 9.53 Å². The number of nitrogens with zero attached hydrogens (tertiary/aromatic N) is 3. The van der Waals surface area contributed by atoms with E-state index < -0.39 is 0 Å². The maximum Gasteiger partial charge on any atom is 0.223 e. The molecular formula is C24H28Cl2N4O2. The minimum absolute atomic E-state index is 0.0174. The highest BCUT2D eigenvalue weighted by Crippen LogP contribution is 2.27. The van der Waals surface area contributed by atoms with Gasteiger partial charge in [0, 0.05) is 49.3 Å². The van der Waals surface area contributed by atoms with Crippen LogP contribution in [-0.2, 0) is 22.5 Å². The van der Waals surface area contributed by atoms with Crippen LogP contribution in [0.2, 0.25) is 10.0 Å². The predicted octanol–water partition coefficient (Wildman–Crippen LogP) is 4.56. The van der Waals surface area contributed by atoms with E-state index in [-0.39, 0.29) is 11.8 Å². The van der Waals surface area contributed by atoms with Gasteiger partial charge in [0.25, 0.3) is 0 Å². The van der Waals surface area contributed by atoms with E-state index in [0.29, 0.717) is 29.6 Å². The Labute approximate surface area is 198 Å². The van der Waals surface area contributed by atoms with Gasteiger partial charge in [-0.2, -0.15) is 0 Å². The molecule has 1 amide bonds. The molecule has 0 saturated carbocycles. The standard InChI is InChI=1S/C24H28Cl2N4O2/c1-32-15-14-30-22-5-3-2-4-21(22)28-24(30)29-12-9-18(10-13-29)23(31)27-11-8-17-6-7-19(25)16-20(17)26/h2-7,16,18H,8-15H2,1H3,(H,27,31). The van der Waals surface area contributed by atoms with Crippen molar-refractivity contribution in [3.63, 3.8) is 0 Å². The Morgan fingerprint density at radius 3 is 2.72 bits per heavy atom. The van der Waals surface area contributed by atoms with Crippen molar-refractivity contribution in [3.05, 3.63) is 58.1 Å². The summed E-state index contributed by atoms with van der Waals surface area (Å²) in [5, 5.41) is 4.32. The zero-order chi connectivity index (χ0) is 22.5. The van der Waals surface area contributed by atoms with Crippen molar-refractivity contribution in [2.45, 2.75) is 25.8 Å². The number of amides is 1. The molecule has 0 aliphatic carbocycles. The fourth-order valence-electron chi connectivity index (χ4n) is 4.24. The number of hydrogen-bond donors (Lipinski definition) is 1. The fourth-order valence-corrected chi connectivity index (χ4v) is 4.74. The number of rotatable bonds is 8. The summed E-state index contributed by atoms with van der Waals surface area (Å²) in [4.78, 5) is 19.9. The van der Waals surface area contributed by atoms with Crippen LogP contribution in [0.5, 0.6) is 0 Å². The molecule has 0 spiro atoms. The van der Waals surface area contributed by atoms with E-state index in [2.05, 4.69) is 20.9 Å². The molecule has 1 aliphatic rings. The summed E-state index contributed by atoms with van der Waals surface area (Å²) in [6, 6.07) is 13.6. The summed E-state index contributed by atoms with van der Waals surface area (Å²) in [5.41, 5.74) is 3.08. The van der Waals surface area contributed by atoms with Crippen LogP contribution in [0, 0.1) is 5.92 Å². The molecule has 32 heavy (non-hydrogen) atoms. The molecular weight excluding hydrogens is 447 g/mol. The summed E-state index contributed by atoms with van der Waals surface area (Å²) >= 11 is 12.2. The Morgan fingerprint density at radius 2 is 1.97 bits per heavy atom. The molecule has 1 aromatic heterocycles. The first-order valence-corrected chi connectivity index (χ1v) is 11.7. The first-order valence-electron chi connectivity index (χ1n) is 11.0. The van der Waals surface area contributed by atoms with Crippen LogP contribution in [0.4, 0.5) is 5.95 Å². The molecule has 0 unspecified atom stereocenters. The van der Waals surface area contributed by atoms with Crippen LogP contribution in [-0.4, -0.2) is 48.8 Å². The molecule has 8 heteroatoms. The highest BCUT2D eigenvalue weighted by atomic mass is 35.5. The number of hydrogen-bond acceptors (Lipinski definition) is 4. The van der Waals surface area contributed by atoms with Crippen molar-refractivity contribution in [2.24, 2.45) is 5.92 Å². The van der Waals surface area contributed by atoms with Crippen molar-refractivity contribution in [2.75, 3.05) is 38.3 Å². The molecule has 1 aliphatic heterocycles. The normalized spacial score (nSPS) is 14.8. The Hall–Kier alpha value is -2.28. The molecule has 0 bridgehead atoms. The van der Waals surface area contributed by atoms with Gasteiger partial charge in [-0.05, 0) is 49.1 Å². The summed E-state index contributed by atoms with van der Waals surface area (Å²) < 4.78 is 7.52. The Bertz CT molecular complexity index is 1080. The molecule has 1 N–H and O–H groups in total. The number of aromatic nitrogens is 2. The predicted molar refractivity (Wildman–Crippen MR) is 130 cm³/mol. The number of anilines is 1. The number of nitrogens with one attached hydrogen (secondary N) is 1. The van der Waals surface area contributed by atoms with Gasteiger partial charge in [0.1, 0.15) is 0 Å². The number of imidazole rings is 1. The second-order valence-corrected chi connectivity index (χ2v) is 8.93. The largest absolute Gasteiger partial charge is 0.383 e. The van der Waals surface area contributed by atoms with E-state index >= 15 is 0 Å². The third-order valence-corrected chi connectivity index (χ3v) is 6.60. The Kier molecular flexibility index (Phi) is 7.55. The van der Waals surface area contributed by atoms with Gasteiger partial charge in [-0.25, -0.2) is 4.98 Å². The molecule has 2 heterocycles. The number of piperidine rings is 1. The summed E-state index contributed by atoms with van der Waals surface area (Å²) in [5.74, 6) is 1.09. The summed E-state index contributed by atoms with van der Waals surface area (Å²) in [7, 11) is 1.71. The molecule has 3 aromatic rings. The lowest BCUT2D eigenvalue weighted by Crippen LogP contribution is -2.42. The average Bonchev–Trinajstić information content (AvgIpc) is 3.17. The maximum atomic E-state index is 12.7. The highest BCUT2D eigenvalue weighted by molar-refractivity contribution is 6.35. The number of carbonyl (C=O) groups excluding carboxylic acids is 1. The average molecular weight is 475 g/mol. The minimum Gasteiger partial charge on any atom is -0.383 e. The Balaban J connectivity index is 1.33. The summed E-state index contributed by atoms with van der Waals surface area (Å²) in [6.45, 7) is 3.55. The number of benzene rings is 2. The second-order valence-electron chi connectivity index (χ2n) is 8.08.